The van der Waals surface area contributed by atoms with Gasteiger partial charge in [-0.3, -0.25) is 5.43 Å². The number of esters is 1. The molecule has 0 aliphatic carbocycles. The van der Waals surface area contributed by atoms with Crippen molar-refractivity contribution in [2.75, 3.05) is 19.1 Å². The van der Waals surface area contributed by atoms with Crippen molar-refractivity contribution in [3.63, 3.8) is 0 Å². The Labute approximate surface area is 93.1 Å². The number of nitrogens with one attached hydrogen (secondary N) is 1. The number of carbonyl (C=O) groups is 1. The first-order valence-electron chi connectivity index (χ1n) is 4.93. The summed E-state index contributed by atoms with van der Waals surface area (Å²) in [6.07, 6.45) is 0.558. The topological polar surface area (TPSA) is 59.9 Å². The summed E-state index contributed by atoms with van der Waals surface area (Å²) in [7, 11) is 1.61. The number of hydrogen-bond donors (Lipinski definition) is 1. The standard InChI is InChI=1S/C11H12N2O3/c1-15-9-4-2-8(3-5-9)12-13-10-6-7-16-11(10)14/h2-5,12H,6-7H2,1H3/b13-10-. The second-order valence-corrected chi connectivity index (χ2v) is 3.28. The molecule has 0 unspecified atom stereocenters. The number of hydrazone groups is 1. The summed E-state index contributed by atoms with van der Waals surface area (Å²) >= 11 is 0. The molecule has 1 fully saturated rings. The Hall–Kier alpha value is -2.04. The zero-order valence-corrected chi connectivity index (χ0v) is 8.90. The molecule has 0 spiro atoms. The molecule has 5 nitrogen and oxygen atoms in total. The molecule has 16 heavy (non-hydrogen) atoms. The third-order valence-corrected chi connectivity index (χ3v) is 2.22. The van der Waals surface area contributed by atoms with Gasteiger partial charge in [-0.25, -0.2) is 4.79 Å². The van der Waals surface area contributed by atoms with Gasteiger partial charge in [0.15, 0.2) is 0 Å². The lowest BCUT2D eigenvalue weighted by atomic mass is 10.3. The van der Waals surface area contributed by atoms with E-state index in [0.29, 0.717) is 18.7 Å². The lowest BCUT2D eigenvalue weighted by Gasteiger charge is -2.02. The van der Waals surface area contributed by atoms with Crippen molar-refractivity contribution in [2.45, 2.75) is 6.42 Å². The van der Waals surface area contributed by atoms with Crippen molar-refractivity contribution < 1.29 is 14.3 Å². The minimum Gasteiger partial charge on any atom is -0.497 e. The highest BCUT2D eigenvalue weighted by molar-refractivity contribution is 6.38. The number of carbonyl (C=O) groups excluding carboxylic acids is 1. The van der Waals surface area contributed by atoms with Gasteiger partial charge in [0.1, 0.15) is 11.5 Å². The number of anilines is 1. The number of rotatable bonds is 3. The Morgan fingerprint density at radius 3 is 2.69 bits per heavy atom. The lowest BCUT2D eigenvalue weighted by molar-refractivity contribution is -0.132. The van der Waals surface area contributed by atoms with E-state index in [1.807, 2.05) is 24.3 Å². The van der Waals surface area contributed by atoms with E-state index in [4.69, 9.17) is 9.47 Å². The maximum Gasteiger partial charge on any atom is 0.354 e. The van der Waals surface area contributed by atoms with Crippen LogP contribution in [0.15, 0.2) is 29.4 Å². The fourth-order valence-electron chi connectivity index (χ4n) is 1.32. The number of methoxy groups -OCH3 is 1. The second kappa shape index (κ2) is 4.65. The fourth-order valence-corrected chi connectivity index (χ4v) is 1.32. The zero-order chi connectivity index (χ0) is 11.4. The summed E-state index contributed by atoms with van der Waals surface area (Å²) in [5.74, 6) is 0.430. The van der Waals surface area contributed by atoms with Crippen molar-refractivity contribution in [1.29, 1.82) is 0 Å². The molecule has 0 saturated carbocycles. The first-order valence-corrected chi connectivity index (χ1v) is 4.93. The third-order valence-electron chi connectivity index (χ3n) is 2.22. The van der Waals surface area contributed by atoms with Gasteiger partial charge in [-0.15, -0.1) is 0 Å². The van der Waals surface area contributed by atoms with Crippen molar-refractivity contribution in [2.24, 2.45) is 5.10 Å². The normalized spacial score (nSPS) is 17.3. The van der Waals surface area contributed by atoms with Crippen LogP contribution in [0.3, 0.4) is 0 Å². The molecular formula is C11H12N2O3. The molecule has 0 atom stereocenters. The molecule has 1 saturated heterocycles. The van der Waals surface area contributed by atoms with Crippen molar-refractivity contribution >= 4 is 17.4 Å². The number of benzene rings is 1. The number of ether oxygens (including phenoxy) is 2. The summed E-state index contributed by atoms with van der Waals surface area (Å²) in [5, 5.41) is 3.98. The maximum atomic E-state index is 11.1. The van der Waals surface area contributed by atoms with Gasteiger partial charge in [0.25, 0.3) is 0 Å². The summed E-state index contributed by atoms with van der Waals surface area (Å²) < 4.78 is 9.79. The molecule has 1 aromatic carbocycles. The van der Waals surface area contributed by atoms with Crippen LogP contribution in [0.2, 0.25) is 0 Å². The van der Waals surface area contributed by atoms with Crippen LogP contribution < -0.4 is 10.2 Å². The number of cyclic esters (lactones) is 1. The first-order chi connectivity index (χ1) is 7.79. The molecular weight excluding hydrogens is 208 g/mol. The molecule has 0 bridgehead atoms. The maximum absolute atomic E-state index is 11.1. The minimum atomic E-state index is -0.346. The summed E-state index contributed by atoms with van der Waals surface area (Å²) in [4.78, 5) is 11.1. The molecule has 0 aromatic heterocycles. The summed E-state index contributed by atoms with van der Waals surface area (Å²) in [5.41, 5.74) is 4.03. The third kappa shape index (κ3) is 2.31. The fraction of sp³-hybridized carbons (Fsp3) is 0.273. The van der Waals surface area contributed by atoms with Crippen LogP contribution >= 0.6 is 0 Å². The van der Waals surface area contributed by atoms with Gasteiger partial charge in [-0.2, -0.15) is 5.10 Å². The summed E-state index contributed by atoms with van der Waals surface area (Å²) in [6.45, 7) is 0.419. The van der Waals surface area contributed by atoms with Crippen LogP contribution in [0.1, 0.15) is 6.42 Å². The predicted octanol–water partition coefficient (Wildman–Crippen LogP) is 1.41. The van der Waals surface area contributed by atoms with Crippen molar-refractivity contribution in [3.05, 3.63) is 24.3 Å². The van der Waals surface area contributed by atoms with E-state index < -0.39 is 0 Å². The van der Waals surface area contributed by atoms with E-state index in [1.165, 1.54) is 0 Å². The molecule has 1 aromatic rings. The average molecular weight is 220 g/mol. The van der Waals surface area contributed by atoms with E-state index >= 15 is 0 Å². The molecule has 5 heteroatoms. The molecule has 1 N–H and O–H groups in total. The quantitative estimate of drug-likeness (QED) is 0.618. The number of nitrogens with zero attached hydrogens (tertiary/aromatic N) is 1. The van der Waals surface area contributed by atoms with Gasteiger partial charge in [0.05, 0.1) is 19.4 Å². The van der Waals surface area contributed by atoms with Gasteiger partial charge < -0.3 is 9.47 Å². The van der Waals surface area contributed by atoms with Gasteiger partial charge in [-0.1, -0.05) is 0 Å². The smallest absolute Gasteiger partial charge is 0.354 e. The van der Waals surface area contributed by atoms with Crippen molar-refractivity contribution in [3.8, 4) is 5.75 Å². The molecule has 2 rings (SSSR count). The van der Waals surface area contributed by atoms with Crippen LogP contribution in [-0.4, -0.2) is 25.4 Å². The van der Waals surface area contributed by atoms with Gasteiger partial charge >= 0.3 is 5.97 Å². The molecule has 1 heterocycles. The first kappa shape index (κ1) is 10.5. The highest BCUT2D eigenvalue weighted by atomic mass is 16.5. The van der Waals surface area contributed by atoms with Crippen LogP contribution in [0.4, 0.5) is 5.69 Å². The highest BCUT2D eigenvalue weighted by Crippen LogP contribution is 2.15. The highest BCUT2D eigenvalue weighted by Gasteiger charge is 2.20. The zero-order valence-electron chi connectivity index (χ0n) is 8.90. The van der Waals surface area contributed by atoms with Gasteiger partial charge in [0.2, 0.25) is 0 Å². The Bertz CT molecular complexity index is 412. The van der Waals surface area contributed by atoms with Gasteiger partial charge in [-0.05, 0) is 24.3 Å². The molecule has 0 amide bonds. The van der Waals surface area contributed by atoms with E-state index in [9.17, 15) is 4.79 Å². The largest absolute Gasteiger partial charge is 0.497 e. The average Bonchev–Trinajstić information content (AvgIpc) is 2.73. The Kier molecular flexibility index (Phi) is 3.05. The molecule has 0 radical (unpaired) electrons. The van der Waals surface area contributed by atoms with E-state index in [1.54, 1.807) is 7.11 Å². The van der Waals surface area contributed by atoms with Crippen molar-refractivity contribution in [1.82, 2.24) is 0 Å². The predicted molar refractivity (Wildman–Crippen MR) is 59.6 cm³/mol. The summed E-state index contributed by atoms with van der Waals surface area (Å²) in [6, 6.07) is 7.28. The van der Waals surface area contributed by atoms with Crippen LogP contribution in [0.25, 0.3) is 0 Å². The SMILES string of the molecule is COc1ccc(N/N=C2/CCOC2=O)cc1. The Morgan fingerprint density at radius 1 is 1.38 bits per heavy atom. The molecule has 1 aliphatic heterocycles. The monoisotopic (exact) mass is 220 g/mol. The van der Waals surface area contributed by atoms with Crippen LogP contribution in [0, 0.1) is 0 Å². The number of hydrogen-bond acceptors (Lipinski definition) is 5. The van der Waals surface area contributed by atoms with E-state index in [-0.39, 0.29) is 5.97 Å². The van der Waals surface area contributed by atoms with E-state index in [2.05, 4.69) is 10.5 Å². The molecule has 84 valence electrons. The Morgan fingerprint density at radius 2 is 2.12 bits per heavy atom. The molecule has 1 aliphatic rings. The van der Waals surface area contributed by atoms with Crippen LogP contribution in [-0.2, 0) is 9.53 Å². The Balaban J connectivity index is 2.01. The van der Waals surface area contributed by atoms with Crippen LogP contribution in [0.5, 0.6) is 5.75 Å². The lowest BCUT2D eigenvalue weighted by Crippen LogP contribution is -2.08. The van der Waals surface area contributed by atoms with Gasteiger partial charge in [0, 0.05) is 6.42 Å². The van der Waals surface area contributed by atoms with E-state index in [0.717, 1.165) is 11.4 Å². The second-order valence-electron chi connectivity index (χ2n) is 3.28. The minimum absolute atomic E-state index is 0.346.